The van der Waals surface area contributed by atoms with Crippen LogP contribution >= 0.6 is 31.9 Å². The zero-order valence-electron chi connectivity index (χ0n) is 6.35. The third-order valence-electron chi connectivity index (χ3n) is 1.47. The Bertz CT molecular complexity index is 308. The molecule has 1 aromatic carbocycles. The summed E-state index contributed by atoms with van der Waals surface area (Å²) < 4.78 is 1.65. The molecule has 0 aliphatic heterocycles. The van der Waals surface area contributed by atoms with Gasteiger partial charge in [0, 0.05) is 4.47 Å². The van der Waals surface area contributed by atoms with E-state index in [-0.39, 0.29) is 5.75 Å². The molecule has 0 amide bonds. The summed E-state index contributed by atoms with van der Waals surface area (Å²) in [6.07, 6.45) is 2.43. The fraction of sp³-hybridized carbons (Fsp3) is 0.111. The van der Waals surface area contributed by atoms with Crippen LogP contribution in [0.5, 0.6) is 5.75 Å². The fourth-order valence-corrected chi connectivity index (χ4v) is 2.24. The van der Waals surface area contributed by atoms with Crippen LogP contribution in [0.4, 0.5) is 0 Å². The average molecular weight is 292 g/mol. The molecule has 0 atom stereocenters. The van der Waals surface area contributed by atoms with Gasteiger partial charge in [-0.15, -0.1) is 6.58 Å². The Morgan fingerprint density at radius 1 is 1.42 bits per heavy atom. The van der Waals surface area contributed by atoms with Gasteiger partial charge in [0.1, 0.15) is 5.75 Å². The van der Waals surface area contributed by atoms with Crippen LogP contribution in [0.2, 0.25) is 0 Å². The summed E-state index contributed by atoms with van der Waals surface area (Å²) in [4.78, 5) is 0. The number of benzene rings is 1. The molecule has 1 nitrogen and oxygen atoms in total. The largest absolute Gasteiger partial charge is 0.506 e. The maximum atomic E-state index is 9.54. The Balaban J connectivity index is 3.17. The zero-order chi connectivity index (χ0) is 9.14. The van der Waals surface area contributed by atoms with Gasteiger partial charge in [0.25, 0.3) is 0 Å². The van der Waals surface area contributed by atoms with Crippen LogP contribution in [0.25, 0.3) is 0 Å². The number of hydrogen-bond donors (Lipinski definition) is 1. The molecule has 3 heteroatoms. The van der Waals surface area contributed by atoms with E-state index in [1.165, 1.54) is 0 Å². The van der Waals surface area contributed by atoms with E-state index in [4.69, 9.17) is 0 Å². The van der Waals surface area contributed by atoms with E-state index < -0.39 is 0 Å². The summed E-state index contributed by atoms with van der Waals surface area (Å²) in [5, 5.41) is 9.54. The lowest BCUT2D eigenvalue weighted by Crippen LogP contribution is -1.83. The first-order valence-electron chi connectivity index (χ1n) is 3.43. The lowest BCUT2D eigenvalue weighted by molar-refractivity contribution is 0.466. The van der Waals surface area contributed by atoms with Gasteiger partial charge >= 0.3 is 0 Å². The topological polar surface area (TPSA) is 20.2 Å². The summed E-state index contributed by atoms with van der Waals surface area (Å²) in [6, 6.07) is 3.68. The molecule has 0 saturated heterocycles. The molecule has 0 spiro atoms. The summed E-state index contributed by atoms with van der Waals surface area (Å²) in [5.41, 5.74) is 0.867. The Kier molecular flexibility index (Phi) is 3.35. The van der Waals surface area contributed by atoms with Gasteiger partial charge in [-0.2, -0.15) is 0 Å². The molecule has 0 heterocycles. The van der Waals surface area contributed by atoms with Gasteiger partial charge in [-0.05, 0) is 40.0 Å². The van der Waals surface area contributed by atoms with Crippen molar-refractivity contribution in [3.8, 4) is 5.75 Å². The molecular formula is C9H8Br2O. The number of phenolic OH excluding ortho intramolecular Hbond substituents is 1. The van der Waals surface area contributed by atoms with Crippen LogP contribution < -0.4 is 0 Å². The second-order valence-corrected chi connectivity index (χ2v) is 4.16. The number of rotatable bonds is 2. The minimum atomic E-state index is 0.290. The van der Waals surface area contributed by atoms with Crippen molar-refractivity contribution in [3.63, 3.8) is 0 Å². The molecule has 64 valence electrons. The Labute approximate surface area is 88.4 Å². The van der Waals surface area contributed by atoms with Crippen LogP contribution in [0, 0.1) is 0 Å². The van der Waals surface area contributed by atoms with E-state index >= 15 is 0 Å². The van der Waals surface area contributed by atoms with Crippen molar-refractivity contribution >= 4 is 31.9 Å². The van der Waals surface area contributed by atoms with E-state index in [1.807, 2.05) is 12.1 Å². The van der Waals surface area contributed by atoms with Crippen LogP contribution in [0.1, 0.15) is 5.56 Å². The van der Waals surface area contributed by atoms with Crippen molar-refractivity contribution in [2.75, 3.05) is 0 Å². The highest BCUT2D eigenvalue weighted by molar-refractivity contribution is 9.11. The molecule has 1 N–H and O–H groups in total. The minimum Gasteiger partial charge on any atom is -0.506 e. The van der Waals surface area contributed by atoms with E-state index in [1.54, 1.807) is 6.08 Å². The number of halogens is 2. The van der Waals surface area contributed by atoms with E-state index in [2.05, 4.69) is 38.4 Å². The minimum absolute atomic E-state index is 0.290. The number of phenols is 1. The van der Waals surface area contributed by atoms with E-state index in [0.717, 1.165) is 10.0 Å². The first-order chi connectivity index (χ1) is 5.65. The van der Waals surface area contributed by atoms with Crippen LogP contribution in [-0.4, -0.2) is 5.11 Å². The van der Waals surface area contributed by atoms with Crippen molar-refractivity contribution < 1.29 is 5.11 Å². The van der Waals surface area contributed by atoms with Gasteiger partial charge in [0.05, 0.1) is 4.47 Å². The highest BCUT2D eigenvalue weighted by Gasteiger charge is 2.04. The summed E-state index contributed by atoms with van der Waals surface area (Å²) >= 11 is 6.59. The Hall–Kier alpha value is -0.280. The van der Waals surface area contributed by atoms with Crippen molar-refractivity contribution in [2.24, 2.45) is 0 Å². The Morgan fingerprint density at radius 3 is 2.67 bits per heavy atom. The second-order valence-electron chi connectivity index (χ2n) is 2.39. The summed E-state index contributed by atoms with van der Waals surface area (Å²) in [5.74, 6) is 0.290. The monoisotopic (exact) mass is 290 g/mol. The normalized spacial score (nSPS) is 9.83. The van der Waals surface area contributed by atoms with E-state index in [9.17, 15) is 5.11 Å². The van der Waals surface area contributed by atoms with Crippen molar-refractivity contribution in [1.29, 1.82) is 0 Å². The average Bonchev–Trinajstić information content (AvgIpc) is 2.00. The molecule has 0 bridgehead atoms. The molecule has 0 aliphatic rings. The molecule has 12 heavy (non-hydrogen) atoms. The fourth-order valence-electron chi connectivity index (χ4n) is 0.930. The third kappa shape index (κ3) is 2.11. The maximum Gasteiger partial charge on any atom is 0.133 e. The quantitative estimate of drug-likeness (QED) is 0.825. The first-order valence-corrected chi connectivity index (χ1v) is 5.01. The van der Waals surface area contributed by atoms with Crippen LogP contribution in [-0.2, 0) is 6.42 Å². The molecule has 0 radical (unpaired) electrons. The van der Waals surface area contributed by atoms with Crippen molar-refractivity contribution in [1.82, 2.24) is 0 Å². The number of hydrogen-bond acceptors (Lipinski definition) is 1. The second kappa shape index (κ2) is 4.10. The smallest absolute Gasteiger partial charge is 0.133 e. The lowest BCUT2D eigenvalue weighted by Gasteiger charge is -2.04. The lowest BCUT2D eigenvalue weighted by atomic mass is 10.1. The van der Waals surface area contributed by atoms with Gasteiger partial charge in [0.15, 0.2) is 0 Å². The molecule has 0 saturated carbocycles. The number of aromatic hydroxyl groups is 1. The molecule has 1 rings (SSSR count). The summed E-state index contributed by atoms with van der Waals surface area (Å²) in [7, 11) is 0. The van der Waals surface area contributed by atoms with Gasteiger partial charge in [0.2, 0.25) is 0 Å². The predicted molar refractivity (Wildman–Crippen MR) is 57.4 cm³/mol. The van der Waals surface area contributed by atoms with Gasteiger partial charge in [-0.1, -0.05) is 22.0 Å². The molecule has 1 aromatic rings. The molecule has 0 unspecified atom stereocenters. The van der Waals surface area contributed by atoms with Gasteiger partial charge < -0.3 is 5.11 Å². The van der Waals surface area contributed by atoms with Crippen molar-refractivity contribution in [3.05, 3.63) is 39.3 Å². The highest BCUT2D eigenvalue weighted by atomic mass is 79.9. The van der Waals surface area contributed by atoms with E-state index in [0.29, 0.717) is 10.9 Å². The highest BCUT2D eigenvalue weighted by Crippen LogP contribution is 2.31. The van der Waals surface area contributed by atoms with Gasteiger partial charge in [-0.25, -0.2) is 0 Å². The first kappa shape index (κ1) is 9.81. The molecule has 0 fully saturated rings. The standard InChI is InChI=1S/C9H8Br2O/c1-2-3-6-4-7(10)5-8(11)9(6)12/h2,4-5,12H,1,3H2. The van der Waals surface area contributed by atoms with Crippen LogP contribution in [0.15, 0.2) is 33.7 Å². The molecule has 0 aliphatic carbocycles. The molecule has 0 aromatic heterocycles. The van der Waals surface area contributed by atoms with Crippen LogP contribution in [0.3, 0.4) is 0 Å². The number of allylic oxidation sites excluding steroid dienone is 1. The third-order valence-corrected chi connectivity index (χ3v) is 2.53. The van der Waals surface area contributed by atoms with Crippen molar-refractivity contribution in [2.45, 2.75) is 6.42 Å². The zero-order valence-corrected chi connectivity index (χ0v) is 9.52. The van der Waals surface area contributed by atoms with Gasteiger partial charge in [-0.3, -0.25) is 0 Å². The maximum absolute atomic E-state index is 9.54. The Morgan fingerprint density at radius 2 is 2.08 bits per heavy atom. The SMILES string of the molecule is C=CCc1cc(Br)cc(Br)c1O. The molecular weight excluding hydrogens is 284 g/mol. The predicted octanol–water partition coefficient (Wildman–Crippen LogP) is 3.65. The summed E-state index contributed by atoms with van der Waals surface area (Å²) in [6.45, 7) is 3.61.